The first kappa shape index (κ1) is 34.3. The maximum atomic E-state index is 14.9. The Labute approximate surface area is 320 Å². The van der Waals surface area contributed by atoms with Crippen LogP contribution in [0.5, 0.6) is 0 Å². The molecule has 57 heavy (non-hydrogen) atoms. The lowest BCUT2D eigenvalue weighted by Gasteiger charge is -2.23. The fraction of sp³-hybridized carbons (Fsp3) is 0.217. The Bertz CT molecular complexity index is 3650. The summed E-state index contributed by atoms with van der Waals surface area (Å²) < 4.78 is 3.57. The standard InChI is InChI=1S/C46H31N5O6/c1-5-22(6-2)49-41(52)27-13-11-25-26-12-14-28-34-32(44(55)50(42(28)53)23(7-3)8-4)17-30-38(36(26)34)37-29(16-31(43(49)54)33(27)35(25)37)39-40(30)46(57)51(45(39)56)24-10-9-20(18-47)21(15-24)19-48/h9-17,22-23H,5-8H2,1-4H3. The highest BCUT2D eigenvalue weighted by molar-refractivity contribution is 6.48. The molecule has 0 fully saturated rings. The van der Waals surface area contributed by atoms with Crippen molar-refractivity contribution in [1.82, 2.24) is 13.7 Å². The Hall–Kier alpha value is -7.24. The van der Waals surface area contributed by atoms with Crippen molar-refractivity contribution < 1.29 is 0 Å². The molecular formula is C46H31N5O6. The number of hydrogen-bond donors (Lipinski definition) is 0. The van der Waals surface area contributed by atoms with Crippen LogP contribution in [0.3, 0.4) is 0 Å². The second-order valence-corrected chi connectivity index (χ2v) is 15.1. The molecule has 0 atom stereocenters. The Balaban J connectivity index is 1.56. The average molecular weight is 750 g/mol. The minimum absolute atomic E-state index is 0.0148. The highest BCUT2D eigenvalue weighted by Gasteiger charge is 2.31. The van der Waals surface area contributed by atoms with Gasteiger partial charge in [-0.25, -0.2) is 4.57 Å². The van der Waals surface area contributed by atoms with Crippen molar-refractivity contribution in [3.8, 4) is 17.8 Å². The van der Waals surface area contributed by atoms with Crippen molar-refractivity contribution in [2.24, 2.45) is 0 Å². The molecule has 10 aromatic rings. The van der Waals surface area contributed by atoms with Crippen LogP contribution >= 0.6 is 0 Å². The number of fused-ring (bicyclic) bond motifs is 4. The fourth-order valence-corrected chi connectivity index (χ4v) is 9.99. The first-order chi connectivity index (χ1) is 27.6. The molecule has 0 saturated heterocycles. The van der Waals surface area contributed by atoms with E-state index in [2.05, 4.69) is 0 Å². The monoisotopic (exact) mass is 749 g/mol. The van der Waals surface area contributed by atoms with Gasteiger partial charge in [-0.1, -0.05) is 39.8 Å². The zero-order chi connectivity index (χ0) is 39.9. The van der Waals surface area contributed by atoms with Crippen LogP contribution < -0.4 is 33.4 Å². The van der Waals surface area contributed by atoms with E-state index in [1.807, 2.05) is 52.0 Å². The summed E-state index contributed by atoms with van der Waals surface area (Å²) in [7, 11) is 0. The van der Waals surface area contributed by atoms with Gasteiger partial charge < -0.3 is 0 Å². The number of benzene rings is 7. The third-order valence-corrected chi connectivity index (χ3v) is 12.6. The molecule has 10 rings (SSSR count). The van der Waals surface area contributed by atoms with E-state index in [1.54, 1.807) is 24.3 Å². The molecule has 11 nitrogen and oxygen atoms in total. The van der Waals surface area contributed by atoms with Gasteiger partial charge in [0.25, 0.3) is 33.4 Å². The van der Waals surface area contributed by atoms with Crippen LogP contribution in [0, 0.1) is 22.7 Å². The predicted octanol–water partition coefficient (Wildman–Crippen LogP) is 7.12. The number of aromatic nitrogens is 3. The lowest BCUT2D eigenvalue weighted by atomic mass is 9.81. The van der Waals surface area contributed by atoms with Gasteiger partial charge in [-0.3, -0.25) is 37.9 Å². The molecule has 0 saturated carbocycles. The Morgan fingerprint density at radius 2 is 0.807 bits per heavy atom. The van der Waals surface area contributed by atoms with Gasteiger partial charge in [-0.2, -0.15) is 10.5 Å². The Morgan fingerprint density at radius 3 is 1.21 bits per heavy atom. The quantitative estimate of drug-likeness (QED) is 0.123. The smallest absolute Gasteiger partial charge is 0.266 e. The van der Waals surface area contributed by atoms with Gasteiger partial charge in [-0.05, 0) is 111 Å². The minimum atomic E-state index is -0.709. The van der Waals surface area contributed by atoms with Gasteiger partial charge in [0, 0.05) is 44.4 Å². The summed E-state index contributed by atoms with van der Waals surface area (Å²) in [6.07, 6.45) is 2.16. The van der Waals surface area contributed by atoms with Gasteiger partial charge in [-0.15, -0.1) is 0 Å². The molecule has 0 aliphatic carbocycles. The number of rotatable bonds is 7. The SMILES string of the molecule is CCC(CC)n1c(=O)c2ccc3c4ccc5c(=O)n(C(CC)CC)c(=O)c6cc7c8c(=O)n(-c9ccc(C#N)c(C#N)c9)c(=O)c8c8cc(c1=O)c2c3c8c7c4c56. The number of nitriles is 2. The summed E-state index contributed by atoms with van der Waals surface area (Å²) in [6, 6.07) is 17.7. The molecular weight excluding hydrogens is 719 g/mol. The lowest BCUT2D eigenvalue weighted by Crippen LogP contribution is -2.36. The third kappa shape index (κ3) is 3.98. The van der Waals surface area contributed by atoms with Crippen LogP contribution in [-0.4, -0.2) is 13.7 Å². The van der Waals surface area contributed by atoms with E-state index in [9.17, 15) is 39.3 Å². The van der Waals surface area contributed by atoms with Gasteiger partial charge in [0.1, 0.15) is 12.1 Å². The summed E-state index contributed by atoms with van der Waals surface area (Å²) in [6.45, 7) is 7.66. The molecule has 11 heteroatoms. The molecule has 7 aromatic carbocycles. The summed E-state index contributed by atoms with van der Waals surface area (Å²) >= 11 is 0. The molecule has 0 unspecified atom stereocenters. The second kappa shape index (κ2) is 11.6. The molecule has 276 valence electrons. The molecule has 3 aromatic heterocycles. The summed E-state index contributed by atoms with van der Waals surface area (Å²) in [5.74, 6) is 0. The molecule has 0 N–H and O–H groups in total. The van der Waals surface area contributed by atoms with Crippen LogP contribution in [-0.2, 0) is 0 Å². The van der Waals surface area contributed by atoms with E-state index in [0.29, 0.717) is 90.3 Å². The van der Waals surface area contributed by atoms with E-state index >= 15 is 0 Å². The van der Waals surface area contributed by atoms with Crippen molar-refractivity contribution in [2.45, 2.75) is 65.5 Å². The largest absolute Gasteiger partial charge is 0.271 e. The molecule has 3 heterocycles. The summed E-state index contributed by atoms with van der Waals surface area (Å²) in [4.78, 5) is 87.7. The zero-order valence-electron chi connectivity index (χ0n) is 31.4. The first-order valence-corrected chi connectivity index (χ1v) is 19.2. The van der Waals surface area contributed by atoms with Crippen molar-refractivity contribution in [2.75, 3.05) is 0 Å². The predicted molar refractivity (Wildman–Crippen MR) is 224 cm³/mol. The van der Waals surface area contributed by atoms with Gasteiger partial charge in [0.05, 0.1) is 27.6 Å². The molecule has 0 bridgehead atoms. The maximum absolute atomic E-state index is 14.9. The highest BCUT2D eigenvalue weighted by Crippen LogP contribution is 2.50. The summed E-state index contributed by atoms with van der Waals surface area (Å²) in [5.41, 5.74) is -3.11. The van der Waals surface area contributed by atoms with Crippen molar-refractivity contribution in [3.05, 3.63) is 128 Å². The van der Waals surface area contributed by atoms with Crippen LogP contribution in [0.4, 0.5) is 0 Å². The minimum Gasteiger partial charge on any atom is -0.271 e. The molecule has 0 spiro atoms. The van der Waals surface area contributed by atoms with E-state index in [4.69, 9.17) is 0 Å². The normalized spacial score (nSPS) is 12.5. The number of hydrogen-bond acceptors (Lipinski definition) is 8. The second-order valence-electron chi connectivity index (χ2n) is 15.1. The number of pyridine rings is 2. The van der Waals surface area contributed by atoms with E-state index in [0.717, 1.165) is 4.57 Å². The van der Waals surface area contributed by atoms with E-state index < -0.39 is 33.4 Å². The van der Waals surface area contributed by atoms with Gasteiger partial charge in [0.2, 0.25) is 0 Å². The van der Waals surface area contributed by atoms with Crippen LogP contribution in [0.2, 0.25) is 0 Å². The average Bonchev–Trinajstić information content (AvgIpc) is 3.50. The molecule has 0 radical (unpaired) electrons. The van der Waals surface area contributed by atoms with E-state index in [1.165, 1.54) is 27.3 Å². The van der Waals surface area contributed by atoms with Crippen LogP contribution in [0.15, 0.2) is 83.4 Å². The molecule has 0 aliphatic heterocycles. The molecule has 0 aliphatic rings. The topological polar surface area (TPSA) is 165 Å². The maximum Gasteiger partial charge on any atom is 0.266 e. The molecule has 0 amide bonds. The highest BCUT2D eigenvalue weighted by atomic mass is 16.2. The van der Waals surface area contributed by atoms with Gasteiger partial charge in [0.15, 0.2) is 0 Å². The third-order valence-electron chi connectivity index (χ3n) is 12.6. The van der Waals surface area contributed by atoms with Gasteiger partial charge >= 0.3 is 0 Å². The van der Waals surface area contributed by atoms with Crippen molar-refractivity contribution in [3.63, 3.8) is 0 Å². The Morgan fingerprint density at radius 1 is 0.421 bits per heavy atom. The summed E-state index contributed by atoms with van der Waals surface area (Å²) in [5, 5.41) is 25.7. The van der Waals surface area contributed by atoms with Crippen LogP contribution in [0.1, 0.15) is 76.6 Å². The van der Waals surface area contributed by atoms with Crippen molar-refractivity contribution in [1.29, 1.82) is 10.5 Å². The fourth-order valence-electron chi connectivity index (χ4n) is 9.99. The zero-order valence-corrected chi connectivity index (χ0v) is 31.4. The van der Waals surface area contributed by atoms with Crippen LogP contribution in [0.25, 0.3) is 91.9 Å². The Kier molecular flexibility index (Phi) is 7.00. The first-order valence-electron chi connectivity index (χ1n) is 19.2. The van der Waals surface area contributed by atoms with Crippen molar-refractivity contribution >= 4 is 86.2 Å². The lowest BCUT2D eigenvalue weighted by molar-refractivity contribution is 0.451. The van der Waals surface area contributed by atoms with E-state index in [-0.39, 0.29) is 50.4 Å². The number of nitrogens with zero attached hydrogens (tertiary/aromatic N) is 5.